The second-order valence-corrected chi connectivity index (χ2v) is 3.46. The number of rotatable bonds is 2. The Balaban J connectivity index is 2.55. The van der Waals surface area contributed by atoms with Gasteiger partial charge in [-0.1, -0.05) is 16.7 Å². The first-order valence-electron chi connectivity index (χ1n) is 4.03. The van der Waals surface area contributed by atoms with Crippen molar-refractivity contribution in [2.24, 2.45) is 0 Å². The second-order valence-electron chi connectivity index (χ2n) is 2.70. The molecule has 78 valence electrons. The van der Waals surface area contributed by atoms with E-state index < -0.39 is 0 Å². The van der Waals surface area contributed by atoms with Gasteiger partial charge < -0.3 is 9.15 Å². The maximum atomic E-state index is 5.85. The number of hydrogen-bond acceptors (Lipinski definition) is 4. The number of aromatic nitrogens is 2. The Bertz CT molecular complexity index is 485. The monoisotopic (exact) mass is 244 g/mol. The van der Waals surface area contributed by atoms with Crippen LogP contribution in [0.2, 0.25) is 10.4 Å². The lowest BCUT2D eigenvalue weighted by atomic mass is 10.2. The third-order valence-electron chi connectivity index (χ3n) is 1.79. The van der Waals surface area contributed by atoms with Crippen LogP contribution in [0, 0.1) is 0 Å². The molecule has 0 amide bonds. The largest absolute Gasteiger partial charge is 0.496 e. The molecule has 0 atom stereocenters. The van der Waals surface area contributed by atoms with Gasteiger partial charge in [0.25, 0.3) is 5.89 Å². The summed E-state index contributed by atoms with van der Waals surface area (Å²) in [6, 6.07) is 5.10. The maximum Gasteiger partial charge on any atom is 0.313 e. The topological polar surface area (TPSA) is 48.2 Å². The van der Waals surface area contributed by atoms with Gasteiger partial charge in [0.2, 0.25) is 0 Å². The van der Waals surface area contributed by atoms with E-state index in [1.807, 2.05) is 0 Å². The Hall–Kier alpha value is -1.26. The van der Waals surface area contributed by atoms with Gasteiger partial charge in [-0.25, -0.2) is 0 Å². The molecule has 4 nitrogen and oxygen atoms in total. The molecular formula is C9H6Cl2N2O2. The molecule has 15 heavy (non-hydrogen) atoms. The molecule has 0 saturated heterocycles. The molecule has 1 aromatic carbocycles. The molecular weight excluding hydrogens is 239 g/mol. The Labute approximate surface area is 95.8 Å². The fourth-order valence-electron chi connectivity index (χ4n) is 1.16. The van der Waals surface area contributed by atoms with Crippen molar-refractivity contribution in [3.8, 4) is 17.2 Å². The molecule has 2 rings (SSSR count). The summed E-state index contributed by atoms with van der Waals surface area (Å²) in [6.45, 7) is 0. The van der Waals surface area contributed by atoms with Gasteiger partial charge in [0, 0.05) is 5.02 Å². The van der Waals surface area contributed by atoms with Crippen molar-refractivity contribution in [1.82, 2.24) is 10.2 Å². The van der Waals surface area contributed by atoms with Crippen molar-refractivity contribution < 1.29 is 9.15 Å². The maximum absolute atomic E-state index is 5.85. The highest BCUT2D eigenvalue weighted by molar-refractivity contribution is 6.31. The number of methoxy groups -OCH3 is 1. The molecule has 0 N–H and O–H groups in total. The van der Waals surface area contributed by atoms with Gasteiger partial charge >= 0.3 is 5.35 Å². The van der Waals surface area contributed by atoms with Crippen LogP contribution in [0.3, 0.4) is 0 Å². The fourth-order valence-corrected chi connectivity index (χ4v) is 1.44. The zero-order chi connectivity index (χ0) is 10.8. The zero-order valence-electron chi connectivity index (χ0n) is 7.70. The summed E-state index contributed by atoms with van der Waals surface area (Å²) in [4.78, 5) is 0. The van der Waals surface area contributed by atoms with Gasteiger partial charge in [0.1, 0.15) is 5.75 Å². The lowest BCUT2D eigenvalue weighted by Crippen LogP contribution is -1.87. The Kier molecular flexibility index (Phi) is 2.79. The Morgan fingerprint density at radius 2 is 2.07 bits per heavy atom. The third-order valence-corrected chi connectivity index (χ3v) is 2.18. The number of nitrogens with zero attached hydrogens (tertiary/aromatic N) is 2. The highest BCUT2D eigenvalue weighted by atomic mass is 35.5. The average molecular weight is 245 g/mol. The van der Waals surface area contributed by atoms with Crippen molar-refractivity contribution in [2.75, 3.05) is 7.11 Å². The first-order chi connectivity index (χ1) is 7.20. The number of halogens is 2. The minimum absolute atomic E-state index is 0.0213. The summed E-state index contributed by atoms with van der Waals surface area (Å²) in [5.41, 5.74) is 0.615. The molecule has 0 spiro atoms. The standard InChI is InChI=1S/C9H6Cl2N2O2/c1-14-7-3-2-5(10)4-6(7)8-12-13-9(11)15-8/h2-4H,1H3. The molecule has 2 aromatic rings. The first-order valence-corrected chi connectivity index (χ1v) is 4.79. The lowest BCUT2D eigenvalue weighted by molar-refractivity contribution is 0.414. The molecule has 0 fully saturated rings. The van der Waals surface area contributed by atoms with E-state index in [4.69, 9.17) is 32.4 Å². The highest BCUT2D eigenvalue weighted by Gasteiger charge is 2.12. The second kappa shape index (κ2) is 4.08. The van der Waals surface area contributed by atoms with Crippen LogP contribution in [0.4, 0.5) is 0 Å². The summed E-state index contributed by atoms with van der Waals surface area (Å²) in [7, 11) is 1.55. The average Bonchev–Trinajstić information content (AvgIpc) is 2.65. The number of benzene rings is 1. The van der Waals surface area contributed by atoms with E-state index in [0.29, 0.717) is 16.3 Å². The molecule has 0 aliphatic carbocycles. The quantitative estimate of drug-likeness (QED) is 0.815. The van der Waals surface area contributed by atoms with Crippen LogP contribution in [-0.2, 0) is 0 Å². The Morgan fingerprint density at radius 3 is 2.67 bits per heavy atom. The van der Waals surface area contributed by atoms with Crippen molar-refractivity contribution >= 4 is 23.2 Å². The summed E-state index contributed by atoms with van der Waals surface area (Å²) < 4.78 is 10.2. The van der Waals surface area contributed by atoms with Gasteiger partial charge in [-0.3, -0.25) is 0 Å². The van der Waals surface area contributed by atoms with Crippen molar-refractivity contribution in [1.29, 1.82) is 0 Å². The van der Waals surface area contributed by atoms with Crippen molar-refractivity contribution in [3.05, 3.63) is 28.6 Å². The van der Waals surface area contributed by atoms with Crippen LogP contribution in [0.15, 0.2) is 22.6 Å². The van der Waals surface area contributed by atoms with E-state index in [1.165, 1.54) is 0 Å². The highest BCUT2D eigenvalue weighted by Crippen LogP contribution is 2.31. The van der Waals surface area contributed by atoms with Crippen molar-refractivity contribution in [2.45, 2.75) is 0 Å². The van der Waals surface area contributed by atoms with Crippen LogP contribution < -0.4 is 4.74 Å². The van der Waals surface area contributed by atoms with E-state index in [9.17, 15) is 0 Å². The van der Waals surface area contributed by atoms with E-state index >= 15 is 0 Å². The van der Waals surface area contributed by atoms with Gasteiger partial charge in [-0.05, 0) is 29.8 Å². The molecule has 1 heterocycles. The Morgan fingerprint density at radius 1 is 1.27 bits per heavy atom. The summed E-state index contributed by atoms with van der Waals surface area (Å²) >= 11 is 11.4. The molecule has 6 heteroatoms. The molecule has 0 aliphatic heterocycles. The minimum atomic E-state index is -0.0213. The lowest BCUT2D eigenvalue weighted by Gasteiger charge is -2.04. The summed E-state index contributed by atoms with van der Waals surface area (Å²) in [5.74, 6) is 0.874. The number of hydrogen-bond donors (Lipinski definition) is 0. The molecule has 0 aliphatic rings. The summed E-state index contributed by atoms with van der Waals surface area (Å²) in [5, 5.41) is 7.83. The normalized spacial score (nSPS) is 10.3. The van der Waals surface area contributed by atoms with Gasteiger partial charge in [-0.15, -0.1) is 5.10 Å². The van der Waals surface area contributed by atoms with Gasteiger partial charge in [-0.2, -0.15) is 0 Å². The van der Waals surface area contributed by atoms with Gasteiger partial charge in [0.05, 0.1) is 12.7 Å². The van der Waals surface area contributed by atoms with E-state index in [2.05, 4.69) is 10.2 Å². The minimum Gasteiger partial charge on any atom is -0.496 e. The van der Waals surface area contributed by atoms with E-state index in [0.717, 1.165) is 0 Å². The predicted molar refractivity (Wildman–Crippen MR) is 56.3 cm³/mol. The van der Waals surface area contributed by atoms with Crippen molar-refractivity contribution in [3.63, 3.8) is 0 Å². The first kappa shape index (κ1) is 10.3. The molecule has 0 radical (unpaired) electrons. The molecule has 0 saturated carbocycles. The summed E-state index contributed by atoms with van der Waals surface area (Å²) in [6.07, 6.45) is 0. The molecule has 0 unspecified atom stereocenters. The van der Waals surface area contributed by atoms with Crippen LogP contribution in [0.1, 0.15) is 0 Å². The van der Waals surface area contributed by atoms with E-state index in [-0.39, 0.29) is 11.2 Å². The van der Waals surface area contributed by atoms with Gasteiger partial charge in [0.15, 0.2) is 0 Å². The van der Waals surface area contributed by atoms with Crippen LogP contribution in [-0.4, -0.2) is 17.3 Å². The molecule has 1 aromatic heterocycles. The van der Waals surface area contributed by atoms with Crippen LogP contribution in [0.25, 0.3) is 11.5 Å². The SMILES string of the molecule is COc1ccc(Cl)cc1-c1nnc(Cl)o1. The predicted octanol–water partition coefficient (Wildman–Crippen LogP) is 3.05. The number of ether oxygens (including phenoxy) is 1. The molecule has 0 bridgehead atoms. The third kappa shape index (κ3) is 2.06. The fraction of sp³-hybridized carbons (Fsp3) is 0.111. The van der Waals surface area contributed by atoms with Crippen LogP contribution in [0.5, 0.6) is 5.75 Å². The van der Waals surface area contributed by atoms with E-state index in [1.54, 1.807) is 25.3 Å². The van der Waals surface area contributed by atoms with Crippen LogP contribution >= 0.6 is 23.2 Å². The zero-order valence-corrected chi connectivity index (χ0v) is 9.21. The smallest absolute Gasteiger partial charge is 0.313 e.